The van der Waals surface area contributed by atoms with Gasteiger partial charge in [0.2, 0.25) is 0 Å². The SMILES string of the molecule is Nc1ccccc1NC(=O)c1ccc(OCCNC(=O)c2cc3ccc(OCCN4CCOCC4)cc3o2)cc1. The lowest BCUT2D eigenvalue weighted by atomic mass is 10.2. The number of hydrogen-bond donors (Lipinski definition) is 3. The molecule has 10 nitrogen and oxygen atoms in total. The van der Waals surface area contributed by atoms with Crippen molar-refractivity contribution in [3.05, 3.63) is 84.1 Å². The molecule has 0 aliphatic carbocycles. The van der Waals surface area contributed by atoms with Gasteiger partial charge in [0.25, 0.3) is 11.8 Å². The minimum Gasteiger partial charge on any atom is -0.492 e. The van der Waals surface area contributed by atoms with Crippen LogP contribution in [-0.2, 0) is 4.74 Å². The summed E-state index contributed by atoms with van der Waals surface area (Å²) in [7, 11) is 0. The number of nitrogens with zero attached hydrogens (tertiary/aromatic N) is 1. The van der Waals surface area contributed by atoms with E-state index >= 15 is 0 Å². The standard InChI is InChI=1S/C30H32N4O6/c31-25-3-1-2-4-26(25)33-29(35)21-5-8-23(9-6-21)38-15-11-32-30(36)28-19-22-7-10-24(20-27(22)40-28)39-18-14-34-12-16-37-17-13-34/h1-10,19-20H,11-18,31H2,(H,32,36)(H,33,35). The molecule has 5 rings (SSSR count). The van der Waals surface area contributed by atoms with E-state index < -0.39 is 0 Å². The van der Waals surface area contributed by atoms with E-state index in [0.717, 1.165) is 38.2 Å². The molecule has 0 unspecified atom stereocenters. The Balaban J connectivity index is 1.05. The predicted molar refractivity (Wildman–Crippen MR) is 152 cm³/mol. The van der Waals surface area contributed by atoms with Crippen molar-refractivity contribution in [2.24, 2.45) is 0 Å². The van der Waals surface area contributed by atoms with Crippen LogP contribution in [0, 0.1) is 0 Å². The fourth-order valence-electron chi connectivity index (χ4n) is 4.26. The van der Waals surface area contributed by atoms with E-state index in [0.29, 0.717) is 40.6 Å². The van der Waals surface area contributed by atoms with Crippen molar-refractivity contribution >= 4 is 34.2 Å². The molecule has 4 aromatic rings. The van der Waals surface area contributed by atoms with Gasteiger partial charge in [-0.25, -0.2) is 0 Å². The first-order valence-corrected chi connectivity index (χ1v) is 13.2. The zero-order valence-corrected chi connectivity index (χ0v) is 22.1. The van der Waals surface area contributed by atoms with Crippen molar-refractivity contribution in [3.63, 3.8) is 0 Å². The molecular weight excluding hydrogens is 512 g/mol. The molecule has 2 heterocycles. The van der Waals surface area contributed by atoms with Crippen molar-refractivity contribution in [2.75, 3.05) is 63.7 Å². The molecule has 0 saturated carbocycles. The predicted octanol–water partition coefficient (Wildman–Crippen LogP) is 3.79. The first-order valence-electron chi connectivity index (χ1n) is 13.2. The number of hydrogen-bond acceptors (Lipinski definition) is 8. The normalized spacial score (nSPS) is 13.6. The second kappa shape index (κ2) is 13.0. The maximum absolute atomic E-state index is 12.6. The van der Waals surface area contributed by atoms with E-state index in [2.05, 4.69) is 15.5 Å². The largest absolute Gasteiger partial charge is 0.492 e. The van der Waals surface area contributed by atoms with Gasteiger partial charge < -0.3 is 35.0 Å². The minimum absolute atomic E-state index is 0.217. The van der Waals surface area contributed by atoms with Crippen molar-refractivity contribution in [1.82, 2.24) is 10.2 Å². The number of nitrogen functional groups attached to an aromatic ring is 1. The summed E-state index contributed by atoms with van der Waals surface area (Å²) in [6.07, 6.45) is 0. The van der Waals surface area contributed by atoms with E-state index in [-0.39, 0.29) is 30.7 Å². The Morgan fingerprint density at radius 1 is 0.875 bits per heavy atom. The molecular formula is C30H32N4O6. The van der Waals surface area contributed by atoms with Crippen LogP contribution < -0.4 is 25.8 Å². The number of benzene rings is 3. The van der Waals surface area contributed by atoms with Crippen LogP contribution in [0.3, 0.4) is 0 Å². The second-order valence-corrected chi connectivity index (χ2v) is 9.28. The lowest BCUT2D eigenvalue weighted by Gasteiger charge is -2.26. The van der Waals surface area contributed by atoms with Crippen LogP contribution >= 0.6 is 0 Å². The van der Waals surface area contributed by atoms with Crippen molar-refractivity contribution < 1.29 is 28.2 Å². The highest BCUT2D eigenvalue weighted by Gasteiger charge is 2.14. The topological polar surface area (TPSA) is 128 Å². The summed E-state index contributed by atoms with van der Waals surface area (Å²) in [6.45, 7) is 5.28. The molecule has 1 fully saturated rings. The number of rotatable bonds is 11. The van der Waals surface area contributed by atoms with E-state index in [1.165, 1.54) is 0 Å². The molecule has 0 radical (unpaired) electrons. The first-order chi connectivity index (χ1) is 19.5. The molecule has 2 amide bonds. The van der Waals surface area contributed by atoms with Gasteiger partial charge in [0, 0.05) is 36.7 Å². The molecule has 40 heavy (non-hydrogen) atoms. The van der Waals surface area contributed by atoms with Crippen molar-refractivity contribution in [3.8, 4) is 11.5 Å². The summed E-state index contributed by atoms with van der Waals surface area (Å²) in [5.74, 6) is 0.893. The van der Waals surface area contributed by atoms with Gasteiger partial charge in [-0.2, -0.15) is 0 Å². The molecule has 3 aromatic carbocycles. The maximum Gasteiger partial charge on any atom is 0.287 e. The molecule has 1 aliphatic rings. The summed E-state index contributed by atoms with van der Waals surface area (Å²) in [4.78, 5) is 27.4. The van der Waals surface area contributed by atoms with Gasteiger partial charge in [0.1, 0.15) is 30.3 Å². The molecule has 1 aliphatic heterocycles. The molecule has 0 bridgehead atoms. The van der Waals surface area contributed by atoms with Crippen molar-refractivity contribution in [1.29, 1.82) is 0 Å². The number of nitrogens with two attached hydrogens (primary N) is 1. The van der Waals surface area contributed by atoms with Gasteiger partial charge >= 0.3 is 0 Å². The van der Waals surface area contributed by atoms with Crippen LogP contribution in [0.1, 0.15) is 20.9 Å². The third-order valence-corrected chi connectivity index (χ3v) is 6.48. The summed E-state index contributed by atoms with van der Waals surface area (Å²) < 4.78 is 22.7. The number of amides is 2. The molecule has 0 spiro atoms. The number of carbonyl (C=O) groups excluding carboxylic acids is 2. The van der Waals surface area contributed by atoms with Crippen LogP contribution in [0.25, 0.3) is 11.0 Å². The number of nitrogens with one attached hydrogen (secondary N) is 2. The van der Waals surface area contributed by atoms with Gasteiger partial charge in [-0.1, -0.05) is 12.1 Å². The summed E-state index contributed by atoms with van der Waals surface area (Å²) >= 11 is 0. The zero-order chi connectivity index (χ0) is 27.7. The fraction of sp³-hybridized carbons (Fsp3) is 0.267. The molecule has 1 saturated heterocycles. The van der Waals surface area contributed by atoms with E-state index in [1.54, 1.807) is 60.7 Å². The number of para-hydroxylation sites is 2. The Bertz CT molecular complexity index is 1450. The van der Waals surface area contributed by atoms with E-state index in [9.17, 15) is 9.59 Å². The number of fused-ring (bicyclic) bond motifs is 1. The van der Waals surface area contributed by atoms with E-state index in [4.69, 9.17) is 24.4 Å². The van der Waals surface area contributed by atoms with Crippen LogP contribution in [0.4, 0.5) is 11.4 Å². The monoisotopic (exact) mass is 544 g/mol. The Hall–Kier alpha value is -4.54. The zero-order valence-electron chi connectivity index (χ0n) is 22.1. The second-order valence-electron chi connectivity index (χ2n) is 9.28. The molecule has 4 N–H and O–H groups in total. The number of carbonyl (C=O) groups is 2. The average molecular weight is 545 g/mol. The van der Waals surface area contributed by atoms with Gasteiger partial charge in [-0.05, 0) is 54.6 Å². The average Bonchev–Trinajstić information content (AvgIpc) is 3.41. The number of ether oxygens (including phenoxy) is 3. The third-order valence-electron chi connectivity index (χ3n) is 6.48. The Morgan fingerprint density at radius 2 is 1.62 bits per heavy atom. The van der Waals surface area contributed by atoms with E-state index in [1.807, 2.05) is 12.1 Å². The van der Waals surface area contributed by atoms with Gasteiger partial charge in [-0.15, -0.1) is 0 Å². The van der Waals surface area contributed by atoms with Gasteiger partial charge in [0.05, 0.1) is 31.1 Å². The smallest absolute Gasteiger partial charge is 0.287 e. The van der Waals surface area contributed by atoms with Gasteiger partial charge in [0.15, 0.2) is 5.76 Å². The molecule has 1 aromatic heterocycles. The molecule has 10 heteroatoms. The minimum atomic E-state index is -0.332. The van der Waals surface area contributed by atoms with Gasteiger partial charge in [-0.3, -0.25) is 14.5 Å². The maximum atomic E-state index is 12.6. The Kier molecular flexibility index (Phi) is 8.79. The summed E-state index contributed by atoms with van der Waals surface area (Å²) in [5.41, 5.74) is 7.99. The molecule has 208 valence electrons. The lowest BCUT2D eigenvalue weighted by Crippen LogP contribution is -2.38. The highest BCUT2D eigenvalue weighted by Crippen LogP contribution is 2.24. The number of morpholine rings is 1. The summed E-state index contributed by atoms with van der Waals surface area (Å²) in [6, 6.07) is 21.0. The lowest BCUT2D eigenvalue weighted by molar-refractivity contribution is 0.0322. The quantitative estimate of drug-likeness (QED) is 0.192. The first kappa shape index (κ1) is 27.0. The highest BCUT2D eigenvalue weighted by molar-refractivity contribution is 6.05. The fourth-order valence-corrected chi connectivity index (χ4v) is 4.26. The summed E-state index contributed by atoms with van der Waals surface area (Å²) in [5, 5.41) is 6.40. The number of anilines is 2. The Labute approximate surface area is 232 Å². The van der Waals surface area contributed by atoms with Crippen LogP contribution in [0.15, 0.2) is 77.2 Å². The third kappa shape index (κ3) is 7.10. The number of furan rings is 1. The van der Waals surface area contributed by atoms with Crippen LogP contribution in [0.5, 0.6) is 11.5 Å². The Morgan fingerprint density at radius 3 is 2.42 bits per heavy atom. The molecule has 0 atom stereocenters. The van der Waals surface area contributed by atoms with Crippen molar-refractivity contribution in [2.45, 2.75) is 0 Å². The van der Waals surface area contributed by atoms with Crippen LogP contribution in [0.2, 0.25) is 0 Å². The highest BCUT2D eigenvalue weighted by atomic mass is 16.5. The van der Waals surface area contributed by atoms with Crippen LogP contribution in [-0.4, -0.2) is 69.3 Å².